The summed E-state index contributed by atoms with van der Waals surface area (Å²) in [6, 6.07) is 7.72. The van der Waals surface area contributed by atoms with Crippen LogP contribution in [0, 0.1) is 10.1 Å². The van der Waals surface area contributed by atoms with E-state index in [0.717, 1.165) is 6.20 Å². The first-order valence-corrected chi connectivity index (χ1v) is 5.52. The van der Waals surface area contributed by atoms with Crippen LogP contribution in [-0.4, -0.2) is 27.0 Å². The molecule has 2 heterocycles. The maximum atomic E-state index is 11.6. The van der Waals surface area contributed by atoms with E-state index in [9.17, 15) is 14.9 Å². The number of amides is 1. The number of nitrogens with zero attached hydrogens (tertiary/aromatic N) is 4. The molecule has 0 bridgehead atoms. The number of pyridine rings is 2. The van der Waals surface area contributed by atoms with Crippen LogP contribution in [0.2, 0.25) is 0 Å². The van der Waals surface area contributed by atoms with Crippen molar-refractivity contribution in [3.8, 4) is 0 Å². The van der Waals surface area contributed by atoms with Crippen molar-refractivity contribution in [1.82, 2.24) is 15.4 Å². The zero-order valence-corrected chi connectivity index (χ0v) is 10.1. The Morgan fingerprint density at radius 1 is 1.30 bits per heavy atom. The van der Waals surface area contributed by atoms with E-state index < -0.39 is 10.8 Å². The summed E-state index contributed by atoms with van der Waals surface area (Å²) in [7, 11) is 0. The molecule has 0 aromatic carbocycles. The maximum absolute atomic E-state index is 11.6. The zero-order chi connectivity index (χ0) is 14.4. The average Bonchev–Trinajstić information content (AvgIpc) is 2.48. The van der Waals surface area contributed by atoms with Gasteiger partial charge >= 0.3 is 0 Å². The highest BCUT2D eigenvalue weighted by molar-refractivity contribution is 5.93. The molecule has 0 fully saturated rings. The van der Waals surface area contributed by atoms with Gasteiger partial charge in [0.2, 0.25) is 0 Å². The molecule has 1 amide bonds. The second-order valence-electron chi connectivity index (χ2n) is 3.61. The minimum atomic E-state index is -0.589. The van der Waals surface area contributed by atoms with Gasteiger partial charge in [-0.15, -0.1) is 0 Å². The van der Waals surface area contributed by atoms with Crippen molar-refractivity contribution in [2.75, 3.05) is 0 Å². The van der Waals surface area contributed by atoms with Crippen LogP contribution in [0.4, 0.5) is 5.69 Å². The lowest BCUT2D eigenvalue weighted by Gasteiger charge is -1.98. The highest BCUT2D eigenvalue weighted by Crippen LogP contribution is 2.08. The normalized spacial score (nSPS) is 10.4. The number of aromatic nitrogens is 2. The van der Waals surface area contributed by atoms with E-state index in [1.54, 1.807) is 24.4 Å². The first-order valence-electron chi connectivity index (χ1n) is 5.52. The summed E-state index contributed by atoms with van der Waals surface area (Å²) in [5.41, 5.74) is 2.70. The number of hydrogen-bond acceptors (Lipinski definition) is 6. The quantitative estimate of drug-likeness (QED) is 0.509. The Labute approximate surface area is 113 Å². The molecular formula is C12H9N5O3. The van der Waals surface area contributed by atoms with E-state index in [0.29, 0.717) is 5.69 Å². The third kappa shape index (κ3) is 3.42. The highest BCUT2D eigenvalue weighted by Gasteiger charge is 2.09. The van der Waals surface area contributed by atoms with Crippen LogP contribution >= 0.6 is 0 Å². The molecule has 0 aliphatic rings. The summed E-state index contributed by atoms with van der Waals surface area (Å²) in [5.74, 6) is -0.563. The first-order chi connectivity index (χ1) is 9.66. The van der Waals surface area contributed by atoms with Gasteiger partial charge < -0.3 is 0 Å². The van der Waals surface area contributed by atoms with Crippen molar-refractivity contribution in [1.29, 1.82) is 0 Å². The number of rotatable bonds is 4. The van der Waals surface area contributed by atoms with E-state index in [4.69, 9.17) is 0 Å². The molecule has 0 saturated heterocycles. The van der Waals surface area contributed by atoms with Crippen LogP contribution in [0.1, 0.15) is 16.2 Å². The number of carbonyl (C=O) groups is 1. The van der Waals surface area contributed by atoms with Gasteiger partial charge in [0.25, 0.3) is 11.6 Å². The Hall–Kier alpha value is -3.16. The van der Waals surface area contributed by atoms with Gasteiger partial charge in [-0.3, -0.25) is 19.9 Å². The predicted molar refractivity (Wildman–Crippen MR) is 70.2 cm³/mol. The smallest absolute Gasteiger partial charge is 0.266 e. The van der Waals surface area contributed by atoms with Crippen molar-refractivity contribution < 1.29 is 9.72 Å². The molecule has 0 saturated carbocycles. The van der Waals surface area contributed by atoms with Crippen molar-refractivity contribution in [3.05, 3.63) is 64.2 Å². The number of carbonyl (C=O) groups excluding carboxylic acids is 1. The van der Waals surface area contributed by atoms with Gasteiger partial charge in [-0.25, -0.2) is 10.4 Å². The first kappa shape index (κ1) is 13.3. The van der Waals surface area contributed by atoms with Gasteiger partial charge in [0, 0.05) is 12.3 Å². The van der Waals surface area contributed by atoms with Crippen LogP contribution in [0.15, 0.2) is 47.8 Å². The van der Waals surface area contributed by atoms with Crippen LogP contribution in [0.25, 0.3) is 0 Å². The molecule has 0 aliphatic carbocycles. The summed E-state index contributed by atoms with van der Waals surface area (Å²) >= 11 is 0. The van der Waals surface area contributed by atoms with E-state index in [1.165, 1.54) is 18.3 Å². The molecule has 2 aromatic heterocycles. The fourth-order valence-electron chi connectivity index (χ4n) is 1.30. The molecule has 0 unspecified atom stereocenters. The van der Waals surface area contributed by atoms with Gasteiger partial charge in [-0.2, -0.15) is 5.10 Å². The fourth-order valence-corrected chi connectivity index (χ4v) is 1.30. The van der Waals surface area contributed by atoms with Crippen molar-refractivity contribution in [2.24, 2.45) is 5.10 Å². The lowest BCUT2D eigenvalue weighted by Crippen LogP contribution is -2.19. The molecule has 0 aliphatic heterocycles. The van der Waals surface area contributed by atoms with Crippen molar-refractivity contribution in [2.45, 2.75) is 0 Å². The van der Waals surface area contributed by atoms with E-state index in [-0.39, 0.29) is 11.4 Å². The van der Waals surface area contributed by atoms with E-state index in [2.05, 4.69) is 20.5 Å². The SMILES string of the molecule is O=C(NN=Cc1ccccn1)c1ccc([N+](=O)[O-])cn1. The molecule has 8 heteroatoms. The predicted octanol–water partition coefficient (Wildman–Crippen LogP) is 1.15. The van der Waals surface area contributed by atoms with Gasteiger partial charge in [0.15, 0.2) is 0 Å². The summed E-state index contributed by atoms with van der Waals surface area (Å²) < 4.78 is 0. The maximum Gasteiger partial charge on any atom is 0.289 e. The molecule has 0 spiro atoms. The minimum Gasteiger partial charge on any atom is -0.266 e. The van der Waals surface area contributed by atoms with Crippen LogP contribution in [-0.2, 0) is 0 Å². The van der Waals surface area contributed by atoms with Crippen LogP contribution in [0.3, 0.4) is 0 Å². The topological polar surface area (TPSA) is 110 Å². The second kappa shape index (κ2) is 6.14. The largest absolute Gasteiger partial charge is 0.289 e. The number of nitrogens with one attached hydrogen (secondary N) is 1. The fraction of sp³-hybridized carbons (Fsp3) is 0. The molecule has 1 N–H and O–H groups in total. The molecule has 8 nitrogen and oxygen atoms in total. The monoisotopic (exact) mass is 271 g/mol. The average molecular weight is 271 g/mol. The zero-order valence-electron chi connectivity index (χ0n) is 10.1. The van der Waals surface area contributed by atoms with Gasteiger partial charge in [0.1, 0.15) is 11.9 Å². The number of nitro groups is 1. The highest BCUT2D eigenvalue weighted by atomic mass is 16.6. The lowest BCUT2D eigenvalue weighted by atomic mass is 10.3. The molecular weight excluding hydrogens is 262 g/mol. The number of hydrogen-bond donors (Lipinski definition) is 1. The molecule has 2 aromatic rings. The van der Waals surface area contributed by atoms with E-state index >= 15 is 0 Å². The third-order valence-electron chi connectivity index (χ3n) is 2.24. The Kier molecular flexibility index (Phi) is 4.07. The Balaban J connectivity index is 1.98. The molecule has 20 heavy (non-hydrogen) atoms. The third-order valence-corrected chi connectivity index (χ3v) is 2.24. The Morgan fingerprint density at radius 3 is 2.75 bits per heavy atom. The summed E-state index contributed by atoms with van der Waals surface area (Å²) in [6.07, 6.45) is 3.99. The molecule has 0 atom stereocenters. The van der Waals surface area contributed by atoms with Gasteiger partial charge in [0.05, 0.1) is 16.8 Å². The summed E-state index contributed by atoms with van der Waals surface area (Å²) in [6.45, 7) is 0. The standard InChI is InChI=1S/C12H9N5O3/c18-12(11-5-4-10(8-14-11)17(19)20)16-15-7-9-3-1-2-6-13-9/h1-8H,(H,16,18). The summed E-state index contributed by atoms with van der Waals surface area (Å²) in [5, 5.41) is 14.2. The molecule has 100 valence electrons. The summed E-state index contributed by atoms with van der Waals surface area (Å²) in [4.78, 5) is 29.2. The van der Waals surface area contributed by atoms with Crippen molar-refractivity contribution in [3.63, 3.8) is 0 Å². The van der Waals surface area contributed by atoms with Crippen molar-refractivity contribution >= 4 is 17.8 Å². The van der Waals surface area contributed by atoms with Gasteiger partial charge in [-0.1, -0.05) is 6.07 Å². The Morgan fingerprint density at radius 2 is 2.15 bits per heavy atom. The minimum absolute atomic E-state index is 0.0359. The number of hydrazone groups is 1. The molecule has 2 rings (SSSR count). The van der Waals surface area contributed by atoms with Crippen LogP contribution in [0.5, 0.6) is 0 Å². The van der Waals surface area contributed by atoms with E-state index in [1.807, 2.05) is 0 Å². The second-order valence-corrected chi connectivity index (χ2v) is 3.61. The lowest BCUT2D eigenvalue weighted by molar-refractivity contribution is -0.385. The molecule has 0 radical (unpaired) electrons. The van der Waals surface area contributed by atoms with Gasteiger partial charge in [-0.05, 0) is 18.2 Å². The Bertz CT molecular complexity index is 640. The van der Waals surface area contributed by atoms with Crippen LogP contribution < -0.4 is 5.43 Å².